The van der Waals surface area contributed by atoms with Gasteiger partial charge in [-0.2, -0.15) is 16.8 Å². The topological polar surface area (TPSA) is 127 Å². The summed E-state index contributed by atoms with van der Waals surface area (Å²) in [6.07, 6.45) is 0. The van der Waals surface area contributed by atoms with E-state index in [9.17, 15) is 25.9 Å². The van der Waals surface area contributed by atoms with Crippen LogP contribution in [0.4, 0.5) is 0 Å². The van der Waals surface area contributed by atoms with Crippen LogP contribution in [0.1, 0.15) is 33.4 Å². The van der Waals surface area contributed by atoms with Crippen molar-refractivity contribution in [2.75, 3.05) is 0 Å². The van der Waals surface area contributed by atoms with E-state index in [0.717, 1.165) is 0 Å². The Bertz CT molecular complexity index is 1650. The number of benzene rings is 4. The molecule has 0 atom stereocenters. The van der Waals surface area contributed by atoms with Crippen LogP contribution < -0.4 is 0 Å². The second kappa shape index (κ2) is 7.56. The van der Waals surface area contributed by atoms with Crippen molar-refractivity contribution >= 4 is 20.2 Å². The molecule has 0 amide bonds. The quantitative estimate of drug-likeness (QED) is 0.304. The summed E-state index contributed by atoms with van der Waals surface area (Å²) in [5.74, 6) is 0. The summed E-state index contributed by atoms with van der Waals surface area (Å²) in [5, 5.41) is 0. The molecule has 2 aliphatic heterocycles. The summed E-state index contributed by atoms with van der Waals surface area (Å²) in [5.41, 5.74) is -0.0201. The van der Waals surface area contributed by atoms with E-state index >= 15 is 0 Å². The largest absolute Gasteiger partial charge is 0.294 e. The summed E-state index contributed by atoms with van der Waals surface area (Å²) < 4.78 is 68.1. The summed E-state index contributed by atoms with van der Waals surface area (Å²) in [4.78, 5) is 11.6. The first-order valence-electron chi connectivity index (χ1n) is 10.8. The Morgan fingerprint density at radius 1 is 0.500 bits per heavy atom. The Morgan fingerprint density at radius 2 is 0.861 bits per heavy atom. The molecule has 4 aromatic carbocycles. The van der Waals surface area contributed by atoms with Crippen LogP contribution in [0.5, 0.6) is 0 Å². The molecule has 10 heteroatoms. The van der Waals surface area contributed by atoms with Crippen molar-refractivity contribution in [1.82, 2.24) is 0 Å². The Morgan fingerprint density at radius 3 is 1.22 bits per heavy atom. The molecular weight excluding hydrogens is 504 g/mol. The van der Waals surface area contributed by atoms with E-state index in [1.165, 1.54) is 24.3 Å². The Kier molecular flexibility index (Phi) is 4.84. The molecule has 2 N–H and O–H groups in total. The Hall–Kier alpha value is -3.38. The van der Waals surface area contributed by atoms with Gasteiger partial charge in [0.1, 0.15) is 0 Å². The second-order valence-electron chi connectivity index (χ2n) is 8.63. The van der Waals surface area contributed by atoms with Crippen LogP contribution >= 0.6 is 0 Å². The standard InChI is InChI=1S/C26H18O8S2/c27-35(28,29)19-11-13-21-23(15-19)26(18-9-5-2-6-10-18)24-16-20(36(30,31)32)12-14-22(24)25(21,33-34-26)17-7-3-1-4-8-17/h1-16H,(H,27,28,29)(H,30,31,32). The molecule has 0 fully saturated rings. The van der Waals surface area contributed by atoms with Crippen LogP contribution in [0.3, 0.4) is 0 Å². The van der Waals surface area contributed by atoms with Gasteiger partial charge in [0, 0.05) is 22.3 Å². The van der Waals surface area contributed by atoms with Gasteiger partial charge in [0.2, 0.25) is 0 Å². The predicted molar refractivity (Wildman–Crippen MR) is 127 cm³/mol. The first-order valence-corrected chi connectivity index (χ1v) is 13.7. The maximum Gasteiger partial charge on any atom is 0.294 e. The van der Waals surface area contributed by atoms with Gasteiger partial charge in [-0.05, 0) is 35.4 Å². The SMILES string of the molecule is O=S(=O)(O)c1ccc2c(c1)C1(c3ccccc3)OOC2(c2ccccc2)c2ccc(S(=O)(=O)O)cc21. The van der Waals surface area contributed by atoms with Gasteiger partial charge in [0.05, 0.1) is 9.79 Å². The van der Waals surface area contributed by atoms with Crippen molar-refractivity contribution in [3.8, 4) is 0 Å². The van der Waals surface area contributed by atoms with Crippen molar-refractivity contribution < 1.29 is 35.7 Å². The van der Waals surface area contributed by atoms with Crippen molar-refractivity contribution in [2.24, 2.45) is 0 Å². The maximum absolute atomic E-state index is 12.1. The molecule has 7 rings (SSSR count). The first kappa shape index (κ1) is 23.0. The zero-order valence-corrected chi connectivity index (χ0v) is 20.0. The third-order valence-corrected chi connectivity index (χ3v) is 8.45. The van der Waals surface area contributed by atoms with Gasteiger partial charge in [-0.3, -0.25) is 9.11 Å². The molecule has 0 radical (unpaired) electrons. The molecular formula is C26H18O8S2. The molecule has 0 saturated carbocycles. The monoisotopic (exact) mass is 522 g/mol. The number of rotatable bonds is 4. The van der Waals surface area contributed by atoms with E-state index in [1.54, 1.807) is 54.6 Å². The number of fused-ring (bicyclic) bond motifs is 1. The van der Waals surface area contributed by atoms with Crippen molar-refractivity contribution in [3.05, 3.63) is 130 Å². The predicted octanol–water partition coefficient (Wildman–Crippen LogP) is 4.04. The van der Waals surface area contributed by atoms with Crippen molar-refractivity contribution in [1.29, 1.82) is 0 Å². The van der Waals surface area contributed by atoms with Crippen LogP contribution in [0.2, 0.25) is 0 Å². The average Bonchev–Trinajstić information content (AvgIpc) is 2.88. The van der Waals surface area contributed by atoms with Crippen molar-refractivity contribution in [3.63, 3.8) is 0 Å². The lowest BCUT2D eigenvalue weighted by Gasteiger charge is -2.53. The highest BCUT2D eigenvalue weighted by molar-refractivity contribution is 7.86. The van der Waals surface area contributed by atoms with Crippen LogP contribution in [-0.4, -0.2) is 25.9 Å². The number of hydrogen-bond acceptors (Lipinski definition) is 6. The molecule has 182 valence electrons. The van der Waals surface area contributed by atoms with E-state index in [-0.39, 0.29) is 9.79 Å². The molecule has 0 aromatic heterocycles. The van der Waals surface area contributed by atoms with Gasteiger partial charge < -0.3 is 0 Å². The lowest BCUT2D eigenvalue weighted by molar-refractivity contribution is -0.410. The smallest absolute Gasteiger partial charge is 0.282 e. The van der Waals surface area contributed by atoms with Gasteiger partial charge in [0.15, 0.2) is 11.2 Å². The zero-order chi connectivity index (χ0) is 25.3. The molecule has 8 nitrogen and oxygen atoms in total. The van der Waals surface area contributed by atoms with Gasteiger partial charge in [-0.15, -0.1) is 0 Å². The lowest BCUT2D eigenvalue weighted by Crippen LogP contribution is -2.53. The highest BCUT2D eigenvalue weighted by Crippen LogP contribution is 2.61. The molecule has 3 aliphatic rings. The first-order chi connectivity index (χ1) is 17.1. The van der Waals surface area contributed by atoms with Gasteiger partial charge in [0.25, 0.3) is 20.2 Å². The fraction of sp³-hybridized carbons (Fsp3) is 0.0769. The molecule has 4 aromatic rings. The van der Waals surface area contributed by atoms with E-state index in [1.807, 2.05) is 18.2 Å². The average molecular weight is 523 g/mol. The third-order valence-electron chi connectivity index (χ3n) is 6.75. The van der Waals surface area contributed by atoms with Crippen LogP contribution in [-0.2, 0) is 41.2 Å². The minimum atomic E-state index is -4.59. The number of hydrogen-bond donors (Lipinski definition) is 2. The maximum atomic E-state index is 12.1. The van der Waals surface area contributed by atoms with Crippen LogP contribution in [0, 0.1) is 0 Å². The van der Waals surface area contributed by atoms with E-state index in [4.69, 9.17) is 9.78 Å². The van der Waals surface area contributed by atoms with E-state index in [2.05, 4.69) is 0 Å². The summed E-state index contributed by atoms with van der Waals surface area (Å²) in [6.45, 7) is 0. The second-order valence-corrected chi connectivity index (χ2v) is 11.5. The Labute approximate surface area is 207 Å². The van der Waals surface area contributed by atoms with Crippen LogP contribution in [0.25, 0.3) is 0 Å². The van der Waals surface area contributed by atoms with Gasteiger partial charge >= 0.3 is 0 Å². The summed E-state index contributed by atoms with van der Waals surface area (Å²) in [7, 11) is -9.18. The summed E-state index contributed by atoms with van der Waals surface area (Å²) >= 11 is 0. The molecule has 0 unspecified atom stereocenters. The highest BCUT2D eigenvalue weighted by Gasteiger charge is 2.61. The Balaban J connectivity index is 1.82. The lowest BCUT2D eigenvalue weighted by atomic mass is 9.62. The fourth-order valence-electron chi connectivity index (χ4n) is 5.22. The highest BCUT2D eigenvalue weighted by atomic mass is 32.2. The molecule has 2 bridgehead atoms. The molecule has 2 heterocycles. The van der Waals surface area contributed by atoms with Crippen LogP contribution in [0.15, 0.2) is 107 Å². The molecule has 0 saturated heterocycles. The minimum absolute atomic E-state index is 0.346. The third kappa shape index (κ3) is 3.07. The normalized spacial score (nSPS) is 22.6. The van der Waals surface area contributed by atoms with E-state index < -0.39 is 31.4 Å². The van der Waals surface area contributed by atoms with Crippen molar-refractivity contribution in [2.45, 2.75) is 21.0 Å². The fourth-order valence-corrected chi connectivity index (χ4v) is 6.24. The van der Waals surface area contributed by atoms with E-state index in [0.29, 0.717) is 33.4 Å². The zero-order valence-electron chi connectivity index (χ0n) is 18.4. The molecule has 0 spiro atoms. The summed E-state index contributed by atoms with van der Waals surface area (Å²) in [6, 6.07) is 26.1. The van der Waals surface area contributed by atoms with Gasteiger partial charge in [-0.25, -0.2) is 9.78 Å². The molecule has 1 aliphatic carbocycles. The molecule has 36 heavy (non-hydrogen) atoms. The van der Waals surface area contributed by atoms with Gasteiger partial charge in [-0.1, -0.05) is 72.8 Å². The minimum Gasteiger partial charge on any atom is -0.282 e.